The van der Waals surface area contributed by atoms with Crippen molar-refractivity contribution in [3.05, 3.63) is 52.7 Å². The Morgan fingerprint density at radius 1 is 1.14 bits per heavy atom. The first-order valence-electron chi connectivity index (χ1n) is 9.67. The minimum absolute atomic E-state index is 0.0209. The zero-order valence-electron chi connectivity index (χ0n) is 15.5. The van der Waals surface area contributed by atoms with Gasteiger partial charge in [-0.05, 0) is 49.3 Å². The van der Waals surface area contributed by atoms with Crippen molar-refractivity contribution in [2.24, 2.45) is 11.8 Å². The number of sulfone groups is 1. The molecule has 3 unspecified atom stereocenters. The Morgan fingerprint density at radius 2 is 1.93 bits per heavy atom. The third-order valence-electron chi connectivity index (χ3n) is 6.21. The molecule has 29 heavy (non-hydrogen) atoms. The van der Waals surface area contributed by atoms with Gasteiger partial charge in [0.15, 0.2) is 0 Å². The fourth-order valence-corrected chi connectivity index (χ4v) is 6.25. The van der Waals surface area contributed by atoms with Crippen LogP contribution in [0.15, 0.2) is 52.5 Å². The summed E-state index contributed by atoms with van der Waals surface area (Å²) in [6.07, 6.45) is 6.01. The Bertz CT molecular complexity index is 1210. The molecular formula is C20H20N4O4S. The smallest absolute Gasteiger partial charge is 0.330 e. The Kier molecular flexibility index (Phi) is 4.09. The lowest BCUT2D eigenvalue weighted by Crippen LogP contribution is -2.26. The molecular weight excluding hydrogens is 392 g/mol. The molecule has 2 N–H and O–H groups in total. The molecule has 2 bridgehead atoms. The second-order valence-corrected chi connectivity index (χ2v) is 9.74. The van der Waals surface area contributed by atoms with Crippen LogP contribution in [0.25, 0.3) is 11.0 Å². The lowest BCUT2D eigenvalue weighted by atomic mass is 9.95. The molecule has 2 fully saturated rings. The number of hydrogen-bond donors (Lipinski definition) is 2. The highest BCUT2D eigenvalue weighted by Gasteiger charge is 2.42. The van der Waals surface area contributed by atoms with Crippen molar-refractivity contribution in [1.82, 2.24) is 9.97 Å². The molecule has 2 aliphatic carbocycles. The van der Waals surface area contributed by atoms with Crippen molar-refractivity contribution in [2.75, 3.05) is 5.32 Å². The Morgan fingerprint density at radius 3 is 2.59 bits per heavy atom. The van der Waals surface area contributed by atoms with Gasteiger partial charge in [-0.3, -0.25) is 10.1 Å². The number of pyridine rings is 1. The van der Waals surface area contributed by atoms with Crippen LogP contribution in [0, 0.1) is 22.0 Å². The molecule has 8 nitrogen and oxygen atoms in total. The second-order valence-electron chi connectivity index (χ2n) is 7.88. The standard InChI is InChI=1S/C20H20N4O4S/c25-24(26)18-17(22-16-11-12-6-7-13(16)10-12)15-8-9-21-19(15)23-20(18)29(27,28)14-4-2-1-3-5-14/h1-5,8-9,12-13,16H,6-7,10-11H2,(H2,21,22,23). The van der Waals surface area contributed by atoms with E-state index in [0.717, 1.165) is 19.3 Å². The number of rotatable bonds is 5. The number of H-pyrrole nitrogens is 1. The summed E-state index contributed by atoms with van der Waals surface area (Å²) in [5.41, 5.74) is 0.0767. The summed E-state index contributed by atoms with van der Waals surface area (Å²) >= 11 is 0. The number of hydrogen-bond acceptors (Lipinski definition) is 6. The topological polar surface area (TPSA) is 118 Å². The quantitative estimate of drug-likeness (QED) is 0.485. The predicted molar refractivity (Wildman–Crippen MR) is 108 cm³/mol. The zero-order valence-corrected chi connectivity index (χ0v) is 16.4. The van der Waals surface area contributed by atoms with Crippen LogP contribution in [-0.2, 0) is 9.84 Å². The summed E-state index contributed by atoms with van der Waals surface area (Å²) in [6.45, 7) is 0. The van der Waals surface area contributed by atoms with Crippen LogP contribution in [0.3, 0.4) is 0 Å². The average Bonchev–Trinajstić information content (AvgIpc) is 3.44. The van der Waals surface area contributed by atoms with E-state index in [-0.39, 0.29) is 16.6 Å². The van der Waals surface area contributed by atoms with Crippen LogP contribution in [-0.4, -0.2) is 29.4 Å². The molecule has 0 amide bonds. The molecule has 3 atom stereocenters. The van der Waals surface area contributed by atoms with Gasteiger partial charge in [-0.15, -0.1) is 0 Å². The highest BCUT2D eigenvalue weighted by atomic mass is 32.2. The van der Waals surface area contributed by atoms with Crippen molar-refractivity contribution in [1.29, 1.82) is 0 Å². The predicted octanol–water partition coefficient (Wildman–Crippen LogP) is 3.90. The zero-order chi connectivity index (χ0) is 20.2. The molecule has 5 rings (SSSR count). The highest BCUT2D eigenvalue weighted by molar-refractivity contribution is 7.91. The van der Waals surface area contributed by atoms with Crippen molar-refractivity contribution < 1.29 is 13.3 Å². The maximum Gasteiger partial charge on any atom is 0.330 e. The summed E-state index contributed by atoms with van der Waals surface area (Å²) in [5, 5.41) is 15.4. The first-order chi connectivity index (χ1) is 13.9. The van der Waals surface area contributed by atoms with Crippen LogP contribution < -0.4 is 5.32 Å². The number of nitrogens with zero attached hydrogens (tertiary/aromatic N) is 2. The van der Waals surface area contributed by atoms with Gasteiger partial charge in [0.1, 0.15) is 11.3 Å². The molecule has 2 aromatic heterocycles. The van der Waals surface area contributed by atoms with Crippen LogP contribution in [0.4, 0.5) is 11.4 Å². The van der Waals surface area contributed by atoms with Gasteiger partial charge >= 0.3 is 5.69 Å². The molecule has 150 valence electrons. The Balaban J connectivity index is 1.71. The van der Waals surface area contributed by atoms with E-state index in [1.807, 2.05) is 0 Å². The number of nitrogens with one attached hydrogen (secondary N) is 2. The Hall–Kier alpha value is -2.94. The average molecular weight is 412 g/mol. The fourth-order valence-electron chi connectivity index (χ4n) is 4.86. The van der Waals surface area contributed by atoms with Gasteiger partial charge in [-0.1, -0.05) is 24.6 Å². The largest absolute Gasteiger partial charge is 0.376 e. The second kappa shape index (κ2) is 6.55. The van der Waals surface area contributed by atoms with Crippen LogP contribution >= 0.6 is 0 Å². The molecule has 1 aromatic carbocycles. The van der Waals surface area contributed by atoms with E-state index in [0.29, 0.717) is 22.9 Å². The first kappa shape index (κ1) is 18.1. The molecule has 2 heterocycles. The van der Waals surface area contributed by atoms with E-state index < -0.39 is 25.5 Å². The molecule has 0 saturated heterocycles. The van der Waals surface area contributed by atoms with E-state index in [2.05, 4.69) is 15.3 Å². The number of aromatic amines is 1. The highest BCUT2D eigenvalue weighted by Crippen LogP contribution is 2.47. The molecule has 2 saturated carbocycles. The molecule has 0 aliphatic heterocycles. The number of fused-ring (bicyclic) bond motifs is 3. The summed E-state index contributed by atoms with van der Waals surface area (Å²) in [7, 11) is -4.16. The minimum atomic E-state index is -4.16. The van der Waals surface area contributed by atoms with E-state index in [1.54, 1.807) is 30.5 Å². The molecule has 2 aliphatic rings. The van der Waals surface area contributed by atoms with Crippen LogP contribution in [0.5, 0.6) is 0 Å². The third-order valence-corrected chi connectivity index (χ3v) is 7.89. The van der Waals surface area contributed by atoms with Gasteiger partial charge in [-0.2, -0.15) is 0 Å². The number of aromatic nitrogens is 2. The van der Waals surface area contributed by atoms with E-state index >= 15 is 0 Å². The summed E-state index contributed by atoms with van der Waals surface area (Å²) in [5.74, 6) is 1.11. The van der Waals surface area contributed by atoms with Crippen LogP contribution in [0.2, 0.25) is 0 Å². The number of nitro groups is 1. The Labute approximate surface area is 167 Å². The summed E-state index contributed by atoms with van der Waals surface area (Å²) < 4.78 is 26.5. The minimum Gasteiger partial charge on any atom is -0.376 e. The maximum absolute atomic E-state index is 13.2. The van der Waals surface area contributed by atoms with Crippen molar-refractivity contribution in [3.8, 4) is 0 Å². The molecule has 9 heteroatoms. The van der Waals surface area contributed by atoms with Crippen molar-refractivity contribution in [2.45, 2.75) is 41.6 Å². The fraction of sp³-hybridized carbons (Fsp3) is 0.350. The lowest BCUT2D eigenvalue weighted by Gasteiger charge is -2.24. The van der Waals surface area contributed by atoms with Gasteiger partial charge < -0.3 is 10.3 Å². The number of anilines is 1. The molecule has 0 radical (unpaired) electrons. The van der Waals surface area contributed by atoms with E-state index in [4.69, 9.17) is 0 Å². The number of benzene rings is 1. The van der Waals surface area contributed by atoms with Crippen molar-refractivity contribution in [3.63, 3.8) is 0 Å². The van der Waals surface area contributed by atoms with Gasteiger partial charge in [0.25, 0.3) is 0 Å². The molecule has 0 spiro atoms. The van der Waals surface area contributed by atoms with Gasteiger partial charge in [0.2, 0.25) is 14.9 Å². The first-order valence-corrected chi connectivity index (χ1v) is 11.2. The van der Waals surface area contributed by atoms with E-state index in [9.17, 15) is 18.5 Å². The van der Waals surface area contributed by atoms with Gasteiger partial charge in [-0.25, -0.2) is 13.4 Å². The van der Waals surface area contributed by atoms with Crippen LogP contribution in [0.1, 0.15) is 25.7 Å². The normalized spacial score (nSPS) is 23.5. The SMILES string of the molecule is O=[N+]([O-])c1c(S(=O)(=O)c2ccccc2)nc2[nH]ccc2c1NC1CC2CCC1C2. The maximum atomic E-state index is 13.2. The van der Waals surface area contributed by atoms with Crippen molar-refractivity contribution >= 4 is 32.2 Å². The van der Waals surface area contributed by atoms with Gasteiger partial charge in [0, 0.05) is 17.6 Å². The van der Waals surface area contributed by atoms with Gasteiger partial charge in [0.05, 0.1) is 9.82 Å². The lowest BCUT2D eigenvalue weighted by molar-refractivity contribution is -0.387. The monoisotopic (exact) mass is 412 g/mol. The molecule has 3 aromatic rings. The van der Waals surface area contributed by atoms with E-state index in [1.165, 1.54) is 18.6 Å². The summed E-state index contributed by atoms with van der Waals surface area (Å²) in [6, 6.07) is 9.51. The third kappa shape index (κ3) is 2.88. The summed E-state index contributed by atoms with van der Waals surface area (Å²) in [4.78, 5) is 18.5.